The highest BCUT2D eigenvalue weighted by molar-refractivity contribution is 5.90. The summed E-state index contributed by atoms with van der Waals surface area (Å²) in [7, 11) is 0. The van der Waals surface area contributed by atoms with Crippen molar-refractivity contribution in [3.63, 3.8) is 0 Å². The molecule has 0 spiro atoms. The maximum Gasteiger partial charge on any atom is 0.303 e. The van der Waals surface area contributed by atoms with Crippen LogP contribution in [0.5, 0.6) is 0 Å². The fourth-order valence-electron chi connectivity index (χ4n) is 5.02. The second kappa shape index (κ2) is 13.8. The van der Waals surface area contributed by atoms with Gasteiger partial charge in [-0.05, 0) is 42.5 Å². The number of carbonyl (C=O) groups is 2. The number of rotatable bonds is 12. The number of aliphatic hydroxyl groups is 2. The van der Waals surface area contributed by atoms with Gasteiger partial charge in [-0.25, -0.2) is 0 Å². The Morgan fingerprint density at radius 1 is 1.00 bits per heavy atom. The van der Waals surface area contributed by atoms with Crippen LogP contribution in [0.2, 0.25) is 0 Å². The minimum absolute atomic E-state index is 0.0156. The van der Waals surface area contributed by atoms with E-state index in [9.17, 15) is 19.8 Å². The fourth-order valence-corrected chi connectivity index (χ4v) is 5.02. The predicted octanol–water partition coefficient (Wildman–Crippen LogP) is 3.76. The summed E-state index contributed by atoms with van der Waals surface area (Å²) >= 11 is 0. The first kappa shape index (κ1) is 28.2. The Balaban J connectivity index is 1.41. The van der Waals surface area contributed by atoms with Crippen molar-refractivity contribution in [2.24, 2.45) is 0 Å². The van der Waals surface area contributed by atoms with Crippen LogP contribution in [0.3, 0.4) is 0 Å². The Kier molecular flexibility index (Phi) is 10.3. The van der Waals surface area contributed by atoms with Gasteiger partial charge in [0, 0.05) is 50.1 Å². The molecule has 2 saturated heterocycles. The number of carbonyl (C=O) groups excluding carboxylic acids is 1. The predicted molar refractivity (Wildman–Crippen MR) is 141 cm³/mol. The third kappa shape index (κ3) is 8.34. The Hall–Kier alpha value is -2.82. The highest BCUT2D eigenvalue weighted by Gasteiger charge is 2.34. The fraction of sp³-hybridized carbons (Fsp3) is 0.517. The molecule has 38 heavy (non-hydrogen) atoms. The van der Waals surface area contributed by atoms with Gasteiger partial charge in [0.25, 0.3) is 0 Å². The lowest BCUT2D eigenvalue weighted by atomic mass is 9.99. The highest BCUT2D eigenvalue weighted by Crippen LogP contribution is 2.39. The lowest BCUT2D eigenvalue weighted by Gasteiger charge is -2.38. The smallest absolute Gasteiger partial charge is 0.303 e. The van der Waals surface area contributed by atoms with E-state index in [1.165, 1.54) is 0 Å². The number of aliphatic hydroxyl groups excluding tert-OH is 2. The first-order valence-electron chi connectivity index (χ1n) is 13.4. The lowest BCUT2D eigenvalue weighted by Crippen LogP contribution is -2.38. The molecule has 0 bridgehead atoms. The molecule has 2 aliphatic heterocycles. The number of β-amino-alcohol motifs (C(OH)–C–C–N with tert-alkyl or cyclic N) is 1. The molecule has 0 radical (unpaired) electrons. The van der Waals surface area contributed by atoms with Gasteiger partial charge in [-0.15, -0.1) is 0 Å². The van der Waals surface area contributed by atoms with Crippen LogP contribution in [0.4, 0.5) is 5.69 Å². The molecule has 2 aromatic carbocycles. The Labute approximate surface area is 223 Å². The molecule has 4 N–H and O–H groups in total. The van der Waals surface area contributed by atoms with Crippen LogP contribution in [0, 0.1) is 0 Å². The summed E-state index contributed by atoms with van der Waals surface area (Å²) in [5.41, 5.74) is 3.30. The van der Waals surface area contributed by atoms with Crippen molar-refractivity contribution in [1.82, 2.24) is 4.90 Å². The van der Waals surface area contributed by atoms with E-state index < -0.39 is 12.3 Å². The molecule has 4 atom stereocenters. The van der Waals surface area contributed by atoms with Crippen molar-refractivity contribution in [1.29, 1.82) is 0 Å². The molecule has 2 heterocycles. The van der Waals surface area contributed by atoms with Crippen LogP contribution in [0.15, 0.2) is 48.5 Å². The number of aliphatic carboxylic acids is 1. The van der Waals surface area contributed by atoms with Gasteiger partial charge in [0.1, 0.15) is 0 Å². The summed E-state index contributed by atoms with van der Waals surface area (Å²) < 4.78 is 12.8. The Bertz CT molecular complexity index is 1060. The zero-order valence-electron chi connectivity index (χ0n) is 21.6. The van der Waals surface area contributed by atoms with Gasteiger partial charge in [0.15, 0.2) is 6.29 Å². The summed E-state index contributed by atoms with van der Waals surface area (Å²) in [4.78, 5) is 25.3. The minimum Gasteiger partial charge on any atom is -0.481 e. The summed E-state index contributed by atoms with van der Waals surface area (Å²) in [5, 5.41) is 31.0. The van der Waals surface area contributed by atoms with Crippen LogP contribution in [0.1, 0.15) is 74.0 Å². The largest absolute Gasteiger partial charge is 0.481 e. The topological polar surface area (TPSA) is 129 Å². The van der Waals surface area contributed by atoms with Crippen molar-refractivity contribution < 1.29 is 34.4 Å². The van der Waals surface area contributed by atoms with Gasteiger partial charge in [-0.1, -0.05) is 42.8 Å². The number of ether oxygens (including phenoxy) is 2. The Morgan fingerprint density at radius 3 is 2.50 bits per heavy atom. The quantitative estimate of drug-likeness (QED) is 0.308. The van der Waals surface area contributed by atoms with Crippen molar-refractivity contribution in [2.75, 3.05) is 25.0 Å². The maximum atomic E-state index is 12.4. The second-order valence-corrected chi connectivity index (χ2v) is 10.2. The molecule has 9 heteroatoms. The molecule has 0 aromatic heterocycles. The SMILES string of the molecule is O=C(O)CCCCCC(=O)Nc1cccc([C@H]2O[C@@H](CN3CC[C@H](O)C3)C[C@@H](c3ccc(CO)cc3)O2)c1. The number of unbranched alkanes of at least 4 members (excludes halogenated alkanes) is 2. The lowest BCUT2D eigenvalue weighted by molar-refractivity contribution is -0.252. The molecule has 0 aliphatic carbocycles. The maximum absolute atomic E-state index is 12.4. The average molecular weight is 527 g/mol. The van der Waals surface area contributed by atoms with E-state index in [0.29, 0.717) is 50.9 Å². The number of amides is 1. The number of hydrogen-bond acceptors (Lipinski definition) is 7. The number of hydrogen-bond donors (Lipinski definition) is 4. The van der Waals surface area contributed by atoms with E-state index >= 15 is 0 Å². The summed E-state index contributed by atoms with van der Waals surface area (Å²) in [6.45, 7) is 2.15. The number of carboxylic acid groups (broad SMARTS) is 1. The minimum atomic E-state index is -0.817. The third-order valence-electron chi connectivity index (χ3n) is 7.06. The molecular weight excluding hydrogens is 488 g/mol. The number of carboxylic acids is 1. The monoisotopic (exact) mass is 526 g/mol. The molecule has 206 valence electrons. The molecule has 9 nitrogen and oxygen atoms in total. The normalized spacial score (nSPS) is 23.8. The van der Waals surface area contributed by atoms with E-state index in [1.54, 1.807) is 0 Å². The van der Waals surface area contributed by atoms with Crippen molar-refractivity contribution in [3.05, 3.63) is 65.2 Å². The summed E-state index contributed by atoms with van der Waals surface area (Å²) in [6.07, 6.45) is 2.54. The zero-order valence-corrected chi connectivity index (χ0v) is 21.6. The number of anilines is 1. The molecular formula is C29H38N2O7. The number of likely N-dealkylation sites (tertiary alicyclic amines) is 1. The van der Waals surface area contributed by atoms with E-state index in [1.807, 2.05) is 48.5 Å². The van der Waals surface area contributed by atoms with Crippen LogP contribution in [0.25, 0.3) is 0 Å². The van der Waals surface area contributed by atoms with Crippen molar-refractivity contribution >= 4 is 17.6 Å². The van der Waals surface area contributed by atoms with Gasteiger partial charge in [0.05, 0.1) is 24.9 Å². The molecule has 0 saturated carbocycles. The summed E-state index contributed by atoms with van der Waals surface area (Å²) in [5.74, 6) is -0.932. The van der Waals surface area contributed by atoms with E-state index in [2.05, 4.69) is 10.2 Å². The number of nitrogens with zero attached hydrogens (tertiary/aromatic N) is 1. The van der Waals surface area contributed by atoms with Gasteiger partial charge >= 0.3 is 5.97 Å². The second-order valence-electron chi connectivity index (χ2n) is 10.2. The van der Waals surface area contributed by atoms with Gasteiger partial charge in [-0.3, -0.25) is 14.5 Å². The molecule has 2 fully saturated rings. The first-order chi connectivity index (χ1) is 18.4. The number of benzene rings is 2. The molecule has 2 aromatic rings. The van der Waals surface area contributed by atoms with E-state index in [0.717, 1.165) is 29.7 Å². The highest BCUT2D eigenvalue weighted by atomic mass is 16.7. The first-order valence-corrected chi connectivity index (χ1v) is 13.4. The molecule has 1 amide bonds. The number of nitrogens with one attached hydrogen (secondary N) is 1. The van der Waals surface area contributed by atoms with Crippen LogP contribution in [-0.2, 0) is 25.7 Å². The molecule has 4 rings (SSSR count). The van der Waals surface area contributed by atoms with E-state index in [-0.39, 0.29) is 37.2 Å². The zero-order chi connectivity index (χ0) is 26.9. The van der Waals surface area contributed by atoms with Crippen molar-refractivity contribution in [2.45, 2.75) is 76.2 Å². The third-order valence-corrected chi connectivity index (χ3v) is 7.06. The van der Waals surface area contributed by atoms with Gasteiger partial charge in [0.2, 0.25) is 5.91 Å². The summed E-state index contributed by atoms with van der Waals surface area (Å²) in [6, 6.07) is 15.2. The van der Waals surface area contributed by atoms with Crippen LogP contribution >= 0.6 is 0 Å². The standard InChI is InChI=1S/C29H38N2O7/c32-19-20-9-11-21(12-10-20)26-16-25(18-31-14-13-24(33)17-31)37-29(38-26)22-5-4-6-23(15-22)30-27(34)7-2-1-3-8-28(35)36/h4-6,9-12,15,24-26,29,32-33H,1-3,7-8,13-14,16-19H2,(H,30,34)(H,35,36)/t24-,25+,26-,29-/m0/s1. The van der Waals surface area contributed by atoms with Crippen LogP contribution < -0.4 is 5.32 Å². The molecule has 0 unspecified atom stereocenters. The van der Waals surface area contributed by atoms with Gasteiger partial charge < -0.3 is 30.1 Å². The van der Waals surface area contributed by atoms with Crippen LogP contribution in [-0.4, -0.2) is 63.9 Å². The average Bonchev–Trinajstić information content (AvgIpc) is 3.32. The van der Waals surface area contributed by atoms with E-state index in [4.69, 9.17) is 14.6 Å². The molecule has 2 aliphatic rings. The van der Waals surface area contributed by atoms with Gasteiger partial charge in [-0.2, -0.15) is 0 Å². The van der Waals surface area contributed by atoms with Crippen molar-refractivity contribution in [3.8, 4) is 0 Å². The Morgan fingerprint density at radius 2 is 1.79 bits per heavy atom.